The molecule has 3 nitrogen and oxygen atoms in total. The van der Waals surface area contributed by atoms with E-state index >= 15 is 0 Å². The van der Waals surface area contributed by atoms with E-state index in [-0.39, 0.29) is 22.2 Å². The Labute approximate surface area is 116 Å². The molecular weight excluding hydrogens is 258 g/mol. The Bertz CT molecular complexity index is 513. The topological polar surface area (TPSA) is 47.0 Å². The lowest BCUT2D eigenvalue weighted by molar-refractivity contribution is 0.0895. The largest absolute Gasteiger partial charge is 0.294 e. The van der Waals surface area contributed by atoms with Crippen LogP contribution in [0.2, 0.25) is 0 Å². The third-order valence-corrected chi connectivity index (χ3v) is 6.50. The van der Waals surface area contributed by atoms with Gasteiger partial charge in [-0.15, -0.1) is 0 Å². The lowest BCUT2D eigenvalue weighted by Gasteiger charge is -2.37. The summed E-state index contributed by atoms with van der Waals surface area (Å²) >= 11 is 0. The number of pyridine rings is 1. The summed E-state index contributed by atoms with van der Waals surface area (Å²) in [5.41, 5.74) is 1.74. The first-order valence-electron chi connectivity index (χ1n) is 7.00. The molecule has 0 amide bonds. The first-order valence-corrected chi connectivity index (χ1v) is 8.28. The molecule has 0 saturated carbocycles. The molecule has 2 aliphatic rings. The van der Waals surface area contributed by atoms with Gasteiger partial charge in [0.2, 0.25) is 0 Å². The number of hydrogen-bond acceptors (Lipinski definition) is 3. The van der Waals surface area contributed by atoms with Gasteiger partial charge in [0.25, 0.3) is 0 Å². The number of rotatable bonds is 2. The van der Waals surface area contributed by atoms with Gasteiger partial charge in [0.05, 0.1) is 0 Å². The lowest BCUT2D eigenvalue weighted by atomic mass is 9.84. The van der Waals surface area contributed by atoms with Crippen LogP contribution in [0.1, 0.15) is 48.0 Å². The average Bonchev–Trinajstić information content (AvgIpc) is 2.37. The highest BCUT2D eigenvalue weighted by Gasteiger charge is 2.40. The number of Topliss-reactive ketones (excluding diaryl/α,β-unsaturated/α-hetero) is 1. The fourth-order valence-electron chi connectivity index (χ4n) is 3.37. The van der Waals surface area contributed by atoms with Crippen LogP contribution in [0.3, 0.4) is 0 Å². The van der Waals surface area contributed by atoms with Crippen LogP contribution in [-0.2, 0) is 10.8 Å². The van der Waals surface area contributed by atoms with E-state index in [9.17, 15) is 9.00 Å². The third kappa shape index (κ3) is 2.50. The standard InChI is InChI=1S/C15H19NO2S/c1-10-5-12(9-16-8-10)15(17)11-6-13-3-2-4-14(7-11)19(13)18/h5,8-9,11,13-14H,2-4,6-7H2,1H3. The highest BCUT2D eigenvalue weighted by atomic mass is 32.2. The molecule has 2 bridgehead atoms. The molecule has 0 aliphatic carbocycles. The van der Waals surface area contributed by atoms with Crippen molar-refractivity contribution in [3.05, 3.63) is 29.6 Å². The first kappa shape index (κ1) is 13.0. The Morgan fingerprint density at radius 3 is 2.58 bits per heavy atom. The zero-order valence-electron chi connectivity index (χ0n) is 11.2. The van der Waals surface area contributed by atoms with Gasteiger partial charge < -0.3 is 0 Å². The summed E-state index contributed by atoms with van der Waals surface area (Å²) in [6.45, 7) is 1.95. The maximum atomic E-state index is 12.6. The summed E-state index contributed by atoms with van der Waals surface area (Å²) in [4.78, 5) is 16.7. The molecule has 2 aliphatic heterocycles. The van der Waals surface area contributed by atoms with E-state index in [4.69, 9.17) is 0 Å². The summed E-state index contributed by atoms with van der Waals surface area (Å²) in [5.74, 6) is 0.251. The van der Waals surface area contributed by atoms with Crippen molar-refractivity contribution in [1.82, 2.24) is 4.98 Å². The van der Waals surface area contributed by atoms with Crippen molar-refractivity contribution < 1.29 is 9.00 Å². The smallest absolute Gasteiger partial charge is 0.167 e. The number of nitrogens with zero attached hydrogens (tertiary/aromatic N) is 1. The van der Waals surface area contributed by atoms with Gasteiger partial charge in [0.1, 0.15) is 0 Å². The van der Waals surface area contributed by atoms with Crippen LogP contribution in [0.15, 0.2) is 18.5 Å². The fraction of sp³-hybridized carbons (Fsp3) is 0.600. The molecule has 2 saturated heterocycles. The summed E-state index contributed by atoms with van der Waals surface area (Å²) in [6.07, 6.45) is 8.26. The summed E-state index contributed by atoms with van der Waals surface area (Å²) < 4.78 is 12.2. The van der Waals surface area contributed by atoms with Gasteiger partial charge in [-0.1, -0.05) is 6.42 Å². The van der Waals surface area contributed by atoms with Gasteiger partial charge in [-0.2, -0.15) is 0 Å². The Kier molecular flexibility index (Phi) is 3.52. The second kappa shape index (κ2) is 5.16. The molecule has 1 aromatic heterocycles. The highest BCUT2D eigenvalue weighted by molar-refractivity contribution is 7.86. The van der Waals surface area contributed by atoms with Crippen molar-refractivity contribution in [3.63, 3.8) is 0 Å². The normalized spacial score (nSPS) is 33.9. The fourth-order valence-corrected chi connectivity index (χ4v) is 5.56. The number of aromatic nitrogens is 1. The number of ketones is 1. The number of hydrogen-bond donors (Lipinski definition) is 0. The van der Waals surface area contributed by atoms with E-state index in [1.165, 1.54) is 6.42 Å². The van der Waals surface area contributed by atoms with Gasteiger partial charge in [-0.25, -0.2) is 0 Å². The lowest BCUT2D eigenvalue weighted by Crippen LogP contribution is -2.41. The molecule has 0 radical (unpaired) electrons. The molecule has 19 heavy (non-hydrogen) atoms. The summed E-state index contributed by atoms with van der Waals surface area (Å²) in [5, 5.41) is 0.499. The Hall–Kier alpha value is -1.03. The molecule has 2 fully saturated rings. The van der Waals surface area contributed by atoms with Crippen LogP contribution in [0, 0.1) is 12.8 Å². The first-order chi connectivity index (χ1) is 9.15. The van der Waals surface area contributed by atoms with E-state index in [1.807, 2.05) is 13.0 Å². The molecule has 2 atom stereocenters. The van der Waals surface area contributed by atoms with Crippen molar-refractivity contribution in [2.24, 2.45) is 5.92 Å². The molecular formula is C15H19NO2S. The average molecular weight is 277 g/mol. The van der Waals surface area contributed by atoms with Gasteiger partial charge in [-0.05, 0) is 44.2 Å². The van der Waals surface area contributed by atoms with E-state index < -0.39 is 10.8 Å². The minimum Gasteiger partial charge on any atom is -0.294 e. The Morgan fingerprint density at radius 2 is 1.95 bits per heavy atom. The van der Waals surface area contributed by atoms with Crippen LogP contribution in [-0.4, -0.2) is 25.5 Å². The Morgan fingerprint density at radius 1 is 1.26 bits per heavy atom. The molecule has 0 aromatic carbocycles. The maximum Gasteiger partial charge on any atom is 0.167 e. The molecule has 3 rings (SSSR count). The van der Waals surface area contributed by atoms with Crippen LogP contribution < -0.4 is 0 Å². The minimum absolute atomic E-state index is 0.0524. The van der Waals surface area contributed by atoms with Crippen molar-refractivity contribution in [3.8, 4) is 0 Å². The molecule has 0 N–H and O–H groups in total. The van der Waals surface area contributed by atoms with E-state index in [2.05, 4.69) is 4.98 Å². The number of carbonyl (C=O) groups is 1. The molecule has 3 heterocycles. The van der Waals surface area contributed by atoms with Crippen LogP contribution in [0.25, 0.3) is 0 Å². The third-order valence-electron chi connectivity index (χ3n) is 4.33. The SMILES string of the molecule is Cc1cncc(C(=O)C2CC3CCCC(C2)S3=O)c1. The van der Waals surface area contributed by atoms with Crippen LogP contribution >= 0.6 is 0 Å². The van der Waals surface area contributed by atoms with Crippen molar-refractivity contribution >= 4 is 16.6 Å². The zero-order chi connectivity index (χ0) is 13.4. The van der Waals surface area contributed by atoms with Crippen LogP contribution in [0.5, 0.6) is 0 Å². The number of aryl methyl sites for hydroxylation is 1. The van der Waals surface area contributed by atoms with E-state index in [0.717, 1.165) is 36.8 Å². The molecule has 4 heteroatoms. The predicted molar refractivity (Wildman–Crippen MR) is 75.6 cm³/mol. The van der Waals surface area contributed by atoms with E-state index in [0.29, 0.717) is 0 Å². The van der Waals surface area contributed by atoms with Gasteiger partial charge in [0, 0.05) is 45.2 Å². The zero-order valence-corrected chi connectivity index (χ0v) is 12.0. The monoisotopic (exact) mass is 277 g/mol. The van der Waals surface area contributed by atoms with Gasteiger partial charge in [-0.3, -0.25) is 14.0 Å². The van der Waals surface area contributed by atoms with Crippen LogP contribution in [0.4, 0.5) is 0 Å². The maximum absolute atomic E-state index is 12.6. The quantitative estimate of drug-likeness (QED) is 0.781. The summed E-state index contributed by atoms with van der Waals surface area (Å²) in [7, 11) is -0.702. The number of carbonyl (C=O) groups excluding carboxylic acids is 1. The van der Waals surface area contributed by atoms with Crippen molar-refractivity contribution in [2.45, 2.75) is 49.5 Å². The molecule has 0 spiro atoms. The van der Waals surface area contributed by atoms with E-state index in [1.54, 1.807) is 12.4 Å². The minimum atomic E-state index is -0.702. The van der Waals surface area contributed by atoms with Gasteiger partial charge >= 0.3 is 0 Å². The molecule has 1 aromatic rings. The molecule has 2 unspecified atom stereocenters. The molecule has 102 valence electrons. The Balaban J connectivity index is 1.80. The van der Waals surface area contributed by atoms with Gasteiger partial charge in [0.15, 0.2) is 5.78 Å². The second-order valence-corrected chi connectivity index (χ2v) is 7.78. The second-order valence-electron chi connectivity index (χ2n) is 5.79. The predicted octanol–water partition coefficient (Wildman–Crippen LogP) is 2.65. The van der Waals surface area contributed by atoms with Crippen molar-refractivity contribution in [2.75, 3.05) is 0 Å². The summed E-state index contributed by atoms with van der Waals surface area (Å²) in [6, 6.07) is 1.91. The number of fused-ring (bicyclic) bond motifs is 2. The highest BCUT2D eigenvalue weighted by Crippen LogP contribution is 2.38. The van der Waals surface area contributed by atoms with Crippen molar-refractivity contribution in [1.29, 1.82) is 0 Å².